The average Bonchev–Trinajstić information content (AvgIpc) is 2.39. The number of nitrogens with one attached hydrogen (secondary N) is 1. The van der Waals surface area contributed by atoms with Gasteiger partial charge in [0.05, 0.1) is 5.71 Å². The molecule has 0 saturated carbocycles. The molecule has 1 aliphatic heterocycles. The third-order valence-corrected chi connectivity index (χ3v) is 2.70. The van der Waals surface area contributed by atoms with Gasteiger partial charge in [-0.25, -0.2) is 0 Å². The van der Waals surface area contributed by atoms with Crippen LogP contribution in [0.4, 0.5) is 0 Å². The Bertz CT molecular complexity index is 256. The molecule has 0 amide bonds. The summed E-state index contributed by atoms with van der Waals surface area (Å²) in [6, 6.07) is -0.584. The first-order valence-corrected chi connectivity index (χ1v) is 4.38. The summed E-state index contributed by atoms with van der Waals surface area (Å²) in [6.45, 7) is 1.58. The molecule has 1 aliphatic rings. The number of aliphatic hydroxyl groups excluding tert-OH is 1. The fourth-order valence-electron chi connectivity index (χ4n) is 1.83. The number of aldehydes is 1. The molecule has 0 radical (unpaired) electrons. The van der Waals surface area contributed by atoms with Crippen molar-refractivity contribution in [2.24, 2.45) is 5.10 Å². The molecule has 0 saturated heterocycles. The second-order valence-electron chi connectivity index (χ2n) is 3.40. The molecule has 2 unspecified atom stereocenters. The lowest BCUT2D eigenvalue weighted by Crippen LogP contribution is -2.59. The normalized spacial score (nSPS) is 31.9. The van der Waals surface area contributed by atoms with E-state index in [0.29, 0.717) is 12.0 Å². The van der Waals surface area contributed by atoms with E-state index in [1.165, 1.54) is 5.01 Å². The van der Waals surface area contributed by atoms with E-state index >= 15 is 0 Å². The molecule has 0 aromatic carbocycles. The Hall–Kier alpha value is -0.980. The van der Waals surface area contributed by atoms with Crippen molar-refractivity contribution in [2.75, 3.05) is 13.7 Å². The number of rotatable bonds is 4. The maximum Gasteiger partial charge on any atom is 0.146 e. The van der Waals surface area contributed by atoms with Crippen LogP contribution in [0.15, 0.2) is 5.10 Å². The van der Waals surface area contributed by atoms with Gasteiger partial charge in [-0.2, -0.15) is 10.6 Å². The van der Waals surface area contributed by atoms with Crippen molar-refractivity contribution < 1.29 is 15.1 Å². The van der Waals surface area contributed by atoms with Gasteiger partial charge in [-0.1, -0.05) is 0 Å². The predicted molar refractivity (Wildman–Crippen MR) is 50.1 cm³/mol. The van der Waals surface area contributed by atoms with E-state index in [4.69, 9.17) is 10.3 Å². The van der Waals surface area contributed by atoms with Crippen molar-refractivity contribution >= 4 is 12.0 Å². The maximum atomic E-state index is 10.9. The Morgan fingerprint density at radius 3 is 2.86 bits per heavy atom. The molecule has 0 fully saturated rings. The third kappa shape index (κ3) is 1.41. The molecule has 1 heterocycles. The second kappa shape index (κ2) is 4.04. The Labute approximate surface area is 82.2 Å². The van der Waals surface area contributed by atoms with Crippen LogP contribution in [-0.2, 0) is 4.79 Å². The van der Waals surface area contributed by atoms with Crippen molar-refractivity contribution in [3.63, 3.8) is 0 Å². The summed E-state index contributed by atoms with van der Waals surface area (Å²) in [4.78, 5) is 10.9. The van der Waals surface area contributed by atoms with E-state index in [1.807, 2.05) is 0 Å². The number of hydrogen-bond donors (Lipinski definition) is 3. The maximum absolute atomic E-state index is 10.9. The average molecular weight is 201 g/mol. The van der Waals surface area contributed by atoms with Gasteiger partial charge >= 0.3 is 0 Å². The molecule has 6 heteroatoms. The third-order valence-electron chi connectivity index (χ3n) is 2.70. The van der Waals surface area contributed by atoms with Gasteiger partial charge < -0.3 is 15.1 Å². The minimum atomic E-state index is -0.953. The van der Waals surface area contributed by atoms with E-state index in [-0.39, 0.29) is 13.0 Å². The minimum absolute atomic E-state index is 0.126. The molecule has 3 N–H and O–H groups in total. The summed E-state index contributed by atoms with van der Waals surface area (Å²) < 4.78 is 0. The van der Waals surface area contributed by atoms with Crippen molar-refractivity contribution in [3.05, 3.63) is 0 Å². The molecule has 6 nitrogen and oxygen atoms in total. The summed E-state index contributed by atoms with van der Waals surface area (Å²) in [5.41, 5.74) is 1.73. The van der Waals surface area contributed by atoms with Gasteiger partial charge in [-0.3, -0.25) is 5.01 Å². The summed E-state index contributed by atoms with van der Waals surface area (Å²) in [5, 5.41) is 23.6. The van der Waals surface area contributed by atoms with Crippen LogP contribution in [0.2, 0.25) is 0 Å². The Morgan fingerprint density at radius 2 is 2.43 bits per heavy atom. The topological polar surface area (TPSA) is 85.2 Å². The van der Waals surface area contributed by atoms with Gasteiger partial charge in [0.25, 0.3) is 0 Å². The number of hydroxylamine groups is 1. The second-order valence-corrected chi connectivity index (χ2v) is 3.40. The number of carbonyl (C=O) groups is 1. The first-order valence-electron chi connectivity index (χ1n) is 4.38. The minimum Gasteiger partial charge on any atom is -0.396 e. The zero-order chi connectivity index (χ0) is 10.8. The number of hydrogen-bond acceptors (Lipinski definition) is 6. The van der Waals surface area contributed by atoms with Crippen molar-refractivity contribution in [1.29, 1.82) is 0 Å². The van der Waals surface area contributed by atoms with Gasteiger partial charge in [-0.15, -0.1) is 0 Å². The monoisotopic (exact) mass is 201 g/mol. The van der Waals surface area contributed by atoms with Crippen LogP contribution in [-0.4, -0.2) is 52.6 Å². The fourth-order valence-corrected chi connectivity index (χ4v) is 1.83. The summed E-state index contributed by atoms with van der Waals surface area (Å²) in [6.07, 6.45) is 0.950. The van der Waals surface area contributed by atoms with Crippen LogP contribution in [0.1, 0.15) is 13.3 Å². The molecule has 14 heavy (non-hydrogen) atoms. The highest BCUT2D eigenvalue weighted by atomic mass is 16.5. The van der Waals surface area contributed by atoms with E-state index < -0.39 is 11.6 Å². The Morgan fingerprint density at radius 1 is 1.79 bits per heavy atom. The summed E-state index contributed by atoms with van der Waals surface area (Å²) in [7, 11) is 1.65. The van der Waals surface area contributed by atoms with Crippen LogP contribution in [0.3, 0.4) is 0 Å². The summed E-state index contributed by atoms with van der Waals surface area (Å²) in [5.74, 6) is 0. The number of carbonyl (C=O) groups excluding carboxylic acids is 1. The van der Waals surface area contributed by atoms with Crippen LogP contribution in [0.5, 0.6) is 0 Å². The molecule has 0 aliphatic carbocycles. The Balaban J connectivity index is 3.01. The summed E-state index contributed by atoms with van der Waals surface area (Å²) >= 11 is 0. The molecule has 0 bridgehead atoms. The van der Waals surface area contributed by atoms with Gasteiger partial charge in [0, 0.05) is 13.7 Å². The molecule has 0 aromatic rings. The highest BCUT2D eigenvalue weighted by Gasteiger charge is 2.47. The van der Waals surface area contributed by atoms with Gasteiger partial charge in [0.2, 0.25) is 0 Å². The van der Waals surface area contributed by atoms with Gasteiger partial charge in [0.1, 0.15) is 17.9 Å². The smallest absolute Gasteiger partial charge is 0.146 e. The number of likely N-dealkylation sites (N-methyl/N-ethyl adjacent to an activating group) is 1. The predicted octanol–water partition coefficient (Wildman–Crippen LogP) is -1.02. The number of nitrogens with zero attached hydrogens (tertiary/aromatic N) is 2. The first-order chi connectivity index (χ1) is 6.62. The van der Waals surface area contributed by atoms with E-state index in [2.05, 4.69) is 10.6 Å². The van der Waals surface area contributed by atoms with E-state index in [1.54, 1.807) is 14.0 Å². The number of hydrazone groups is 1. The van der Waals surface area contributed by atoms with Crippen molar-refractivity contribution in [3.8, 4) is 0 Å². The Kier molecular flexibility index (Phi) is 3.20. The highest BCUT2D eigenvalue weighted by Crippen LogP contribution is 2.26. The molecular weight excluding hydrogens is 186 g/mol. The van der Waals surface area contributed by atoms with Gasteiger partial charge in [0.15, 0.2) is 0 Å². The number of aliphatic hydroxyl groups is 1. The van der Waals surface area contributed by atoms with E-state index in [0.717, 1.165) is 0 Å². The molecular formula is C8H15N3O3. The van der Waals surface area contributed by atoms with Crippen LogP contribution in [0.25, 0.3) is 0 Å². The molecule has 80 valence electrons. The van der Waals surface area contributed by atoms with Crippen LogP contribution >= 0.6 is 0 Å². The quantitative estimate of drug-likeness (QED) is 0.400. The molecule has 2 atom stereocenters. The lowest BCUT2D eigenvalue weighted by Gasteiger charge is -2.32. The molecule has 0 spiro atoms. The SMILES string of the molecule is CC1=NN(C)C(C=O)C1(CCO)NO. The standard InChI is InChI=1S/C8H15N3O3/c1-6-8(10-14,3-4-12)7(5-13)11(2)9-6/h5,7,10,12,14H,3-4H2,1-2H3. The van der Waals surface area contributed by atoms with E-state index in [9.17, 15) is 4.79 Å². The van der Waals surface area contributed by atoms with Crippen molar-refractivity contribution in [1.82, 2.24) is 10.5 Å². The van der Waals surface area contributed by atoms with Crippen molar-refractivity contribution in [2.45, 2.75) is 24.9 Å². The fraction of sp³-hybridized carbons (Fsp3) is 0.750. The lowest BCUT2D eigenvalue weighted by molar-refractivity contribution is -0.114. The first kappa shape index (κ1) is 11.1. The lowest BCUT2D eigenvalue weighted by atomic mass is 9.85. The van der Waals surface area contributed by atoms with Crippen LogP contribution < -0.4 is 5.48 Å². The van der Waals surface area contributed by atoms with Gasteiger partial charge in [-0.05, 0) is 13.3 Å². The zero-order valence-electron chi connectivity index (χ0n) is 8.27. The van der Waals surface area contributed by atoms with Crippen LogP contribution in [0, 0.1) is 0 Å². The highest BCUT2D eigenvalue weighted by molar-refractivity contribution is 5.97. The molecule has 0 aromatic heterocycles. The zero-order valence-corrected chi connectivity index (χ0v) is 8.27. The molecule has 1 rings (SSSR count). The largest absolute Gasteiger partial charge is 0.396 e.